The molecule has 0 bridgehead atoms. The highest BCUT2D eigenvalue weighted by molar-refractivity contribution is 5.95. The summed E-state index contributed by atoms with van der Waals surface area (Å²) in [5.41, 5.74) is 3.94. The quantitative estimate of drug-likeness (QED) is 0.569. The Morgan fingerprint density at radius 1 is 0.821 bits per heavy atom. The number of carbonyl (C=O) groups is 1. The summed E-state index contributed by atoms with van der Waals surface area (Å²) in [4.78, 5) is 12.7. The maximum atomic E-state index is 12.7. The van der Waals surface area contributed by atoms with Crippen molar-refractivity contribution in [2.45, 2.75) is 13.0 Å². The summed E-state index contributed by atoms with van der Waals surface area (Å²) in [5, 5.41) is 3.01. The SMILES string of the molecule is COCCOc1ccc(CNC(=O)c2ccccc2Cc2ccccc2)cc1. The summed E-state index contributed by atoms with van der Waals surface area (Å²) in [7, 11) is 1.65. The zero-order chi connectivity index (χ0) is 19.6. The normalized spacial score (nSPS) is 10.5. The van der Waals surface area contributed by atoms with Gasteiger partial charge in [0.25, 0.3) is 5.91 Å². The molecule has 0 unspecified atom stereocenters. The zero-order valence-corrected chi connectivity index (χ0v) is 16.1. The molecule has 1 N–H and O–H groups in total. The average molecular weight is 375 g/mol. The molecule has 3 rings (SSSR count). The maximum absolute atomic E-state index is 12.7. The smallest absolute Gasteiger partial charge is 0.251 e. The lowest BCUT2D eigenvalue weighted by molar-refractivity contribution is 0.0950. The van der Waals surface area contributed by atoms with Crippen LogP contribution in [0.15, 0.2) is 78.9 Å². The Hall–Kier alpha value is -3.11. The Balaban J connectivity index is 1.59. The van der Waals surface area contributed by atoms with E-state index in [1.165, 1.54) is 5.56 Å². The molecule has 0 radical (unpaired) electrons. The van der Waals surface area contributed by atoms with Crippen LogP contribution in [-0.2, 0) is 17.7 Å². The first-order valence-corrected chi connectivity index (χ1v) is 9.37. The Morgan fingerprint density at radius 2 is 1.54 bits per heavy atom. The van der Waals surface area contributed by atoms with Gasteiger partial charge in [-0.1, -0.05) is 60.7 Å². The van der Waals surface area contributed by atoms with Gasteiger partial charge in [0.2, 0.25) is 0 Å². The lowest BCUT2D eigenvalue weighted by Crippen LogP contribution is -2.24. The van der Waals surface area contributed by atoms with E-state index >= 15 is 0 Å². The molecule has 1 amide bonds. The van der Waals surface area contributed by atoms with Crippen LogP contribution >= 0.6 is 0 Å². The van der Waals surface area contributed by atoms with Crippen molar-refractivity contribution in [2.75, 3.05) is 20.3 Å². The van der Waals surface area contributed by atoms with Crippen LogP contribution in [0, 0.1) is 0 Å². The molecule has 0 aliphatic heterocycles. The molecule has 0 fully saturated rings. The van der Waals surface area contributed by atoms with Crippen molar-refractivity contribution in [1.29, 1.82) is 0 Å². The second-order valence-electron chi connectivity index (χ2n) is 6.49. The van der Waals surface area contributed by atoms with Gasteiger partial charge in [0, 0.05) is 19.2 Å². The molecule has 0 aliphatic rings. The van der Waals surface area contributed by atoms with E-state index in [4.69, 9.17) is 9.47 Å². The van der Waals surface area contributed by atoms with Crippen LogP contribution in [0.4, 0.5) is 0 Å². The van der Waals surface area contributed by atoms with Gasteiger partial charge in [0.1, 0.15) is 12.4 Å². The second kappa shape index (κ2) is 10.3. The molecule has 0 aliphatic carbocycles. The van der Waals surface area contributed by atoms with E-state index in [9.17, 15) is 4.79 Å². The van der Waals surface area contributed by atoms with Crippen LogP contribution in [0.3, 0.4) is 0 Å². The number of amides is 1. The van der Waals surface area contributed by atoms with Crippen molar-refractivity contribution in [3.8, 4) is 5.75 Å². The van der Waals surface area contributed by atoms with Crippen molar-refractivity contribution in [3.05, 3.63) is 101 Å². The number of ether oxygens (including phenoxy) is 2. The fourth-order valence-corrected chi connectivity index (χ4v) is 2.94. The van der Waals surface area contributed by atoms with Crippen LogP contribution in [0.1, 0.15) is 27.0 Å². The van der Waals surface area contributed by atoms with Crippen LogP contribution < -0.4 is 10.1 Å². The van der Waals surface area contributed by atoms with Crippen molar-refractivity contribution >= 4 is 5.91 Å². The lowest BCUT2D eigenvalue weighted by Gasteiger charge is -2.11. The number of methoxy groups -OCH3 is 1. The molecule has 0 spiro atoms. The van der Waals surface area contributed by atoms with Crippen molar-refractivity contribution in [2.24, 2.45) is 0 Å². The summed E-state index contributed by atoms with van der Waals surface area (Å²) < 4.78 is 10.5. The largest absolute Gasteiger partial charge is 0.491 e. The predicted molar refractivity (Wildman–Crippen MR) is 111 cm³/mol. The van der Waals surface area contributed by atoms with Gasteiger partial charge < -0.3 is 14.8 Å². The molecule has 0 heterocycles. The molecule has 0 aromatic heterocycles. The third-order valence-electron chi connectivity index (χ3n) is 4.43. The number of nitrogens with one attached hydrogen (secondary N) is 1. The topological polar surface area (TPSA) is 47.6 Å². The van der Waals surface area contributed by atoms with E-state index in [1.807, 2.05) is 66.7 Å². The summed E-state index contributed by atoms with van der Waals surface area (Å²) in [5.74, 6) is 0.729. The Morgan fingerprint density at radius 3 is 2.29 bits per heavy atom. The number of hydrogen-bond donors (Lipinski definition) is 1. The van der Waals surface area contributed by atoms with E-state index in [2.05, 4.69) is 17.4 Å². The molecule has 3 aromatic carbocycles. The van der Waals surface area contributed by atoms with E-state index in [-0.39, 0.29) is 5.91 Å². The van der Waals surface area contributed by atoms with Crippen LogP contribution in [0.5, 0.6) is 5.75 Å². The van der Waals surface area contributed by atoms with Crippen LogP contribution in [0.2, 0.25) is 0 Å². The Kier molecular flexibility index (Phi) is 7.21. The minimum Gasteiger partial charge on any atom is -0.491 e. The van der Waals surface area contributed by atoms with Crippen molar-refractivity contribution in [1.82, 2.24) is 5.32 Å². The van der Waals surface area contributed by atoms with E-state index in [0.717, 1.165) is 23.3 Å². The number of carbonyl (C=O) groups excluding carboxylic acids is 1. The summed E-state index contributed by atoms with van der Waals surface area (Å²) in [6.07, 6.45) is 0.734. The van der Waals surface area contributed by atoms with Gasteiger partial charge in [-0.05, 0) is 41.3 Å². The van der Waals surface area contributed by atoms with Gasteiger partial charge in [0.05, 0.1) is 6.61 Å². The van der Waals surface area contributed by atoms with Crippen LogP contribution in [0.25, 0.3) is 0 Å². The molecule has 4 heteroatoms. The van der Waals surface area contributed by atoms with E-state index < -0.39 is 0 Å². The van der Waals surface area contributed by atoms with Gasteiger partial charge in [0.15, 0.2) is 0 Å². The number of rotatable bonds is 9. The lowest BCUT2D eigenvalue weighted by atomic mass is 9.99. The highest BCUT2D eigenvalue weighted by Crippen LogP contribution is 2.15. The van der Waals surface area contributed by atoms with Gasteiger partial charge in [-0.3, -0.25) is 4.79 Å². The maximum Gasteiger partial charge on any atom is 0.251 e. The highest BCUT2D eigenvalue weighted by Gasteiger charge is 2.11. The first kappa shape index (κ1) is 19.6. The standard InChI is InChI=1S/C24H25NO3/c1-27-15-16-28-22-13-11-20(12-14-22)18-25-24(26)23-10-6-5-9-21(23)17-19-7-3-2-4-8-19/h2-14H,15-18H2,1H3,(H,25,26). The fraction of sp³-hybridized carbons (Fsp3) is 0.208. The minimum atomic E-state index is -0.0630. The van der Waals surface area contributed by atoms with E-state index in [1.54, 1.807) is 7.11 Å². The second-order valence-corrected chi connectivity index (χ2v) is 6.49. The first-order chi connectivity index (χ1) is 13.8. The summed E-state index contributed by atoms with van der Waals surface area (Å²) >= 11 is 0. The van der Waals surface area contributed by atoms with Crippen molar-refractivity contribution < 1.29 is 14.3 Å². The number of benzene rings is 3. The zero-order valence-electron chi connectivity index (χ0n) is 16.1. The van der Waals surface area contributed by atoms with Gasteiger partial charge in [-0.2, -0.15) is 0 Å². The van der Waals surface area contributed by atoms with Gasteiger partial charge in [-0.15, -0.1) is 0 Å². The third-order valence-corrected chi connectivity index (χ3v) is 4.43. The molecule has 28 heavy (non-hydrogen) atoms. The molecule has 3 aromatic rings. The molecule has 0 atom stereocenters. The first-order valence-electron chi connectivity index (χ1n) is 9.37. The molecule has 144 valence electrons. The molecule has 4 nitrogen and oxygen atoms in total. The van der Waals surface area contributed by atoms with Gasteiger partial charge >= 0.3 is 0 Å². The third kappa shape index (κ3) is 5.69. The summed E-state index contributed by atoms with van der Waals surface area (Å²) in [6, 6.07) is 25.6. The predicted octanol–water partition coefficient (Wildman–Crippen LogP) is 4.23. The fourth-order valence-electron chi connectivity index (χ4n) is 2.94. The molecule has 0 saturated carbocycles. The molecular weight excluding hydrogens is 350 g/mol. The van der Waals surface area contributed by atoms with E-state index in [0.29, 0.717) is 25.3 Å². The van der Waals surface area contributed by atoms with Gasteiger partial charge in [-0.25, -0.2) is 0 Å². The van der Waals surface area contributed by atoms with Crippen LogP contribution in [-0.4, -0.2) is 26.2 Å². The Labute approximate surface area is 166 Å². The molecular formula is C24H25NO3. The monoisotopic (exact) mass is 375 g/mol. The highest BCUT2D eigenvalue weighted by atomic mass is 16.5. The minimum absolute atomic E-state index is 0.0630. The average Bonchev–Trinajstić information content (AvgIpc) is 2.74. The molecule has 0 saturated heterocycles. The summed E-state index contributed by atoms with van der Waals surface area (Å²) in [6.45, 7) is 1.54. The Bertz CT molecular complexity index is 876. The van der Waals surface area contributed by atoms with Crippen molar-refractivity contribution in [3.63, 3.8) is 0 Å². The number of hydrogen-bond acceptors (Lipinski definition) is 3.